The van der Waals surface area contributed by atoms with Crippen molar-refractivity contribution in [2.45, 2.75) is 32.2 Å². The molecule has 1 aliphatic heterocycles. The smallest absolute Gasteiger partial charge is 0.227 e. The summed E-state index contributed by atoms with van der Waals surface area (Å²) in [6.45, 7) is 0.620. The first-order chi connectivity index (χ1) is 11.2. The Morgan fingerprint density at radius 2 is 1.78 bits per heavy atom. The molecule has 0 bridgehead atoms. The van der Waals surface area contributed by atoms with Gasteiger partial charge in [-0.2, -0.15) is 0 Å². The van der Waals surface area contributed by atoms with E-state index in [0.717, 1.165) is 41.6 Å². The molecule has 2 aliphatic rings. The topological polar surface area (TPSA) is 20.3 Å². The summed E-state index contributed by atoms with van der Waals surface area (Å²) in [7, 11) is 0. The molecule has 0 saturated carbocycles. The van der Waals surface area contributed by atoms with E-state index in [2.05, 4.69) is 0 Å². The molecular formula is C20H18FNO. The van der Waals surface area contributed by atoms with Crippen molar-refractivity contribution in [1.82, 2.24) is 4.90 Å². The Balaban J connectivity index is 1.74. The molecule has 0 unspecified atom stereocenters. The highest BCUT2D eigenvalue weighted by Gasteiger charge is 2.30. The van der Waals surface area contributed by atoms with Gasteiger partial charge in [-0.05, 0) is 53.7 Å². The average Bonchev–Trinajstić information content (AvgIpc) is 2.57. The van der Waals surface area contributed by atoms with Gasteiger partial charge >= 0.3 is 0 Å². The van der Waals surface area contributed by atoms with Gasteiger partial charge in [0.05, 0.1) is 6.54 Å². The first-order valence-electron chi connectivity index (χ1n) is 8.07. The molecular weight excluding hydrogens is 289 g/mol. The third-order valence-electron chi connectivity index (χ3n) is 4.77. The van der Waals surface area contributed by atoms with Crippen LogP contribution in [0.2, 0.25) is 0 Å². The van der Waals surface area contributed by atoms with Crippen LogP contribution in [0.4, 0.5) is 4.39 Å². The SMILES string of the molecule is O=C1CCC2=C(CCc3cc(F)ccc32)N1Cc1ccccc1. The van der Waals surface area contributed by atoms with Crippen molar-refractivity contribution in [3.05, 3.63) is 76.7 Å². The second kappa shape index (κ2) is 5.65. The summed E-state index contributed by atoms with van der Waals surface area (Å²) in [4.78, 5) is 14.4. The lowest BCUT2D eigenvalue weighted by Crippen LogP contribution is -2.35. The molecule has 0 fully saturated rings. The van der Waals surface area contributed by atoms with Crippen LogP contribution in [0.15, 0.2) is 54.2 Å². The zero-order chi connectivity index (χ0) is 15.8. The summed E-state index contributed by atoms with van der Waals surface area (Å²) < 4.78 is 13.5. The predicted molar refractivity (Wildman–Crippen MR) is 87.9 cm³/mol. The fourth-order valence-corrected chi connectivity index (χ4v) is 3.67. The minimum Gasteiger partial charge on any atom is -0.311 e. The lowest BCUT2D eigenvalue weighted by Gasteiger charge is -2.36. The van der Waals surface area contributed by atoms with Gasteiger partial charge in [0.2, 0.25) is 5.91 Å². The Morgan fingerprint density at radius 3 is 2.61 bits per heavy atom. The number of amides is 1. The molecule has 0 N–H and O–H groups in total. The van der Waals surface area contributed by atoms with E-state index in [4.69, 9.17) is 0 Å². The standard InChI is InChI=1S/C20H18FNO/c21-16-7-8-17-15(12-16)6-10-19-18(17)9-11-20(23)22(19)13-14-4-2-1-3-5-14/h1-5,7-8,12H,6,9-11,13H2. The number of fused-ring (bicyclic) bond motifs is 2. The van der Waals surface area contributed by atoms with Crippen molar-refractivity contribution in [3.63, 3.8) is 0 Å². The predicted octanol–water partition coefficient (Wildman–Crippen LogP) is 4.31. The quantitative estimate of drug-likeness (QED) is 0.810. The zero-order valence-electron chi connectivity index (χ0n) is 12.9. The van der Waals surface area contributed by atoms with Gasteiger partial charge in [0, 0.05) is 12.1 Å². The molecule has 2 aromatic rings. The second-order valence-corrected chi connectivity index (χ2v) is 6.19. The molecule has 0 atom stereocenters. The average molecular weight is 307 g/mol. The van der Waals surface area contributed by atoms with E-state index >= 15 is 0 Å². The Bertz CT molecular complexity index is 795. The lowest BCUT2D eigenvalue weighted by atomic mass is 9.83. The van der Waals surface area contributed by atoms with E-state index < -0.39 is 0 Å². The number of rotatable bonds is 2. The zero-order valence-corrected chi connectivity index (χ0v) is 12.9. The van der Waals surface area contributed by atoms with Gasteiger partial charge in [0.1, 0.15) is 5.82 Å². The summed E-state index contributed by atoms with van der Waals surface area (Å²) >= 11 is 0. The molecule has 23 heavy (non-hydrogen) atoms. The molecule has 0 radical (unpaired) electrons. The highest BCUT2D eigenvalue weighted by atomic mass is 19.1. The number of nitrogens with zero attached hydrogens (tertiary/aromatic N) is 1. The molecule has 4 rings (SSSR count). The maximum Gasteiger partial charge on any atom is 0.227 e. The summed E-state index contributed by atoms with van der Waals surface area (Å²) in [5.41, 5.74) is 5.68. The van der Waals surface area contributed by atoms with Crippen LogP contribution in [0, 0.1) is 5.82 Å². The Kier molecular flexibility index (Phi) is 3.49. The largest absolute Gasteiger partial charge is 0.311 e. The Hall–Kier alpha value is -2.42. The monoisotopic (exact) mass is 307 g/mol. The van der Waals surface area contributed by atoms with E-state index in [1.807, 2.05) is 41.3 Å². The van der Waals surface area contributed by atoms with Crippen LogP contribution in [-0.2, 0) is 17.8 Å². The van der Waals surface area contributed by atoms with Crippen molar-refractivity contribution >= 4 is 11.5 Å². The Morgan fingerprint density at radius 1 is 0.957 bits per heavy atom. The van der Waals surface area contributed by atoms with Crippen molar-refractivity contribution in [2.24, 2.45) is 0 Å². The lowest BCUT2D eigenvalue weighted by molar-refractivity contribution is -0.130. The number of benzene rings is 2. The molecule has 0 spiro atoms. The number of carbonyl (C=O) groups excluding carboxylic acids is 1. The van der Waals surface area contributed by atoms with Crippen LogP contribution >= 0.6 is 0 Å². The maximum absolute atomic E-state index is 13.5. The van der Waals surface area contributed by atoms with Gasteiger partial charge in [0.15, 0.2) is 0 Å². The van der Waals surface area contributed by atoms with E-state index in [9.17, 15) is 9.18 Å². The summed E-state index contributed by atoms with van der Waals surface area (Å²) in [5.74, 6) is 0.0130. The highest BCUT2D eigenvalue weighted by Crippen LogP contribution is 2.39. The normalized spacial score (nSPS) is 17.1. The molecule has 0 aromatic heterocycles. The van der Waals surface area contributed by atoms with Crippen LogP contribution in [0.25, 0.3) is 5.57 Å². The fraction of sp³-hybridized carbons (Fsp3) is 0.250. The molecule has 116 valence electrons. The van der Waals surface area contributed by atoms with Crippen molar-refractivity contribution < 1.29 is 9.18 Å². The number of hydrogen-bond acceptors (Lipinski definition) is 1. The van der Waals surface area contributed by atoms with Crippen LogP contribution in [0.5, 0.6) is 0 Å². The minimum absolute atomic E-state index is 0.180. The molecule has 1 heterocycles. The van der Waals surface area contributed by atoms with E-state index in [-0.39, 0.29) is 11.7 Å². The Labute approximate surface area is 135 Å². The van der Waals surface area contributed by atoms with Crippen LogP contribution < -0.4 is 0 Å². The minimum atomic E-state index is -0.180. The summed E-state index contributed by atoms with van der Waals surface area (Å²) in [6.07, 6.45) is 2.90. The summed E-state index contributed by atoms with van der Waals surface area (Å²) in [6, 6.07) is 15.1. The van der Waals surface area contributed by atoms with Gasteiger partial charge in [0.25, 0.3) is 0 Å². The molecule has 0 saturated heterocycles. The number of hydrogen-bond donors (Lipinski definition) is 0. The second-order valence-electron chi connectivity index (χ2n) is 6.19. The van der Waals surface area contributed by atoms with E-state index in [1.54, 1.807) is 6.07 Å². The van der Waals surface area contributed by atoms with Crippen LogP contribution in [-0.4, -0.2) is 10.8 Å². The van der Waals surface area contributed by atoms with Gasteiger partial charge in [-0.25, -0.2) is 4.39 Å². The highest BCUT2D eigenvalue weighted by molar-refractivity contribution is 5.88. The van der Waals surface area contributed by atoms with Crippen LogP contribution in [0.3, 0.4) is 0 Å². The maximum atomic E-state index is 13.5. The molecule has 3 heteroatoms. The summed E-state index contributed by atoms with van der Waals surface area (Å²) in [5, 5.41) is 0. The van der Waals surface area contributed by atoms with Gasteiger partial charge < -0.3 is 4.90 Å². The third-order valence-corrected chi connectivity index (χ3v) is 4.77. The van der Waals surface area contributed by atoms with E-state index in [0.29, 0.717) is 13.0 Å². The van der Waals surface area contributed by atoms with Crippen molar-refractivity contribution in [1.29, 1.82) is 0 Å². The molecule has 1 amide bonds. The first-order valence-corrected chi connectivity index (χ1v) is 8.07. The van der Waals surface area contributed by atoms with Crippen LogP contribution in [0.1, 0.15) is 36.0 Å². The number of allylic oxidation sites excluding steroid dienone is 2. The van der Waals surface area contributed by atoms with Gasteiger partial charge in [-0.1, -0.05) is 36.4 Å². The third kappa shape index (κ3) is 2.56. The van der Waals surface area contributed by atoms with Crippen molar-refractivity contribution in [2.75, 3.05) is 0 Å². The van der Waals surface area contributed by atoms with Crippen molar-refractivity contribution in [3.8, 4) is 0 Å². The van der Waals surface area contributed by atoms with Gasteiger partial charge in [-0.15, -0.1) is 0 Å². The molecule has 2 aromatic carbocycles. The van der Waals surface area contributed by atoms with Gasteiger partial charge in [-0.3, -0.25) is 4.79 Å². The number of carbonyl (C=O) groups is 1. The number of aryl methyl sites for hydroxylation is 1. The number of halogens is 1. The first kappa shape index (κ1) is 14.2. The molecule has 2 nitrogen and oxygen atoms in total. The molecule has 1 aliphatic carbocycles. The fourth-order valence-electron chi connectivity index (χ4n) is 3.67. The van der Waals surface area contributed by atoms with E-state index in [1.165, 1.54) is 11.6 Å².